The number of nitrogens with zero attached hydrogens (tertiary/aromatic N) is 7. The van der Waals surface area contributed by atoms with E-state index >= 15 is 0 Å². The van der Waals surface area contributed by atoms with Crippen molar-refractivity contribution in [2.75, 3.05) is 69.4 Å². The highest BCUT2D eigenvalue weighted by molar-refractivity contribution is 6.36. The summed E-state index contributed by atoms with van der Waals surface area (Å²) in [5, 5.41) is 2.84. The predicted octanol–water partition coefficient (Wildman–Crippen LogP) is 4.78. The van der Waals surface area contributed by atoms with E-state index in [1.165, 1.54) is 12.2 Å². The molecule has 3 aliphatic rings. The molecule has 230 valence electrons. The molecule has 1 aromatic heterocycles. The summed E-state index contributed by atoms with van der Waals surface area (Å²) in [6.45, 7) is 11.3. The van der Waals surface area contributed by atoms with Crippen LogP contribution < -0.4 is 14.5 Å². The van der Waals surface area contributed by atoms with Gasteiger partial charge in [0.05, 0.1) is 17.3 Å². The molecule has 0 aliphatic carbocycles. The Bertz CT molecular complexity index is 1590. The summed E-state index contributed by atoms with van der Waals surface area (Å²) in [6, 6.07) is 12.5. The number of likely N-dealkylation sites (tertiary alicyclic amines) is 1. The highest BCUT2D eigenvalue weighted by atomic mass is 35.5. The molecule has 4 heterocycles. The first-order valence-electron chi connectivity index (χ1n) is 15.2. The van der Waals surface area contributed by atoms with Crippen molar-refractivity contribution >= 4 is 39.8 Å². The minimum Gasteiger partial charge on any atom is -0.462 e. The average molecular weight is 618 g/mol. The van der Waals surface area contributed by atoms with E-state index in [2.05, 4.69) is 50.9 Å². The predicted molar refractivity (Wildman–Crippen MR) is 171 cm³/mol. The molecule has 0 N–H and O–H groups in total. The first-order chi connectivity index (χ1) is 21.5. The van der Waals surface area contributed by atoms with Gasteiger partial charge < -0.3 is 29.2 Å². The summed E-state index contributed by atoms with van der Waals surface area (Å²) in [5.74, 6) is 0.538. The number of rotatable bonds is 8. The number of likely N-dealkylation sites (N-methyl/N-ethyl adjacent to an activating group) is 1. The molecular formula is C33H37ClFN7O2. The molecule has 0 radical (unpaired) electrons. The molecule has 0 spiro atoms. The third-order valence-electron chi connectivity index (χ3n) is 8.99. The SMILES string of the molecule is [C-]#[N+]CC1CN(c2nc(OCC3CCCN3C)nc3c2CCN(c2cccc4cccc(Cl)c24)C3)CCN1C(=O)C=CCF. The van der Waals surface area contributed by atoms with Gasteiger partial charge in [0.1, 0.15) is 25.1 Å². The standard InChI is InChI=1S/C33H37ClFN7O2/c1-36-19-25-20-41(17-18-42(25)30(43)12-5-14-35)32-26-13-16-40(29-11-4-8-23-7-3-10-27(34)31(23)29)21-28(26)37-33(38-32)44-22-24-9-6-15-39(24)2/h3-5,7-8,10-12,24-25H,6,9,13-22H2,2H3. The van der Waals surface area contributed by atoms with Gasteiger partial charge in [-0.25, -0.2) is 11.0 Å². The zero-order valence-corrected chi connectivity index (χ0v) is 25.7. The quantitative estimate of drug-likeness (QED) is 0.266. The largest absolute Gasteiger partial charge is 0.462 e. The maximum atomic E-state index is 12.8. The van der Waals surface area contributed by atoms with E-state index in [1.807, 2.05) is 12.1 Å². The summed E-state index contributed by atoms with van der Waals surface area (Å²) < 4.78 is 19.0. The van der Waals surface area contributed by atoms with E-state index in [1.54, 1.807) is 4.90 Å². The highest BCUT2D eigenvalue weighted by Gasteiger charge is 2.35. The van der Waals surface area contributed by atoms with Crippen LogP contribution in [0.3, 0.4) is 0 Å². The van der Waals surface area contributed by atoms with Crippen molar-refractivity contribution in [3.05, 3.63) is 76.2 Å². The van der Waals surface area contributed by atoms with Crippen LogP contribution in [0.1, 0.15) is 24.1 Å². The Hall–Kier alpha value is -3.94. The second-order valence-electron chi connectivity index (χ2n) is 11.7. The fourth-order valence-corrected chi connectivity index (χ4v) is 6.94. The Morgan fingerprint density at radius 3 is 2.75 bits per heavy atom. The molecule has 0 bridgehead atoms. The Morgan fingerprint density at radius 2 is 1.98 bits per heavy atom. The van der Waals surface area contributed by atoms with Gasteiger partial charge in [-0.1, -0.05) is 35.9 Å². The van der Waals surface area contributed by atoms with Gasteiger partial charge in [0, 0.05) is 54.9 Å². The van der Waals surface area contributed by atoms with Crippen LogP contribution in [0.25, 0.3) is 15.6 Å². The number of piperazine rings is 1. The maximum Gasteiger partial charge on any atom is 0.318 e. The van der Waals surface area contributed by atoms with Gasteiger partial charge in [-0.15, -0.1) is 0 Å². The lowest BCUT2D eigenvalue weighted by Crippen LogP contribution is -2.56. The van der Waals surface area contributed by atoms with Crippen LogP contribution in [0.2, 0.25) is 5.02 Å². The number of amides is 1. The van der Waals surface area contributed by atoms with Crippen molar-refractivity contribution in [1.82, 2.24) is 19.8 Å². The number of alkyl halides is 1. The second-order valence-corrected chi connectivity index (χ2v) is 12.1. The van der Waals surface area contributed by atoms with Crippen molar-refractivity contribution in [2.24, 2.45) is 0 Å². The van der Waals surface area contributed by atoms with E-state index in [0.717, 1.165) is 70.9 Å². The molecule has 2 fully saturated rings. The minimum atomic E-state index is -0.701. The number of aromatic nitrogens is 2. The topological polar surface area (TPSA) is 69.4 Å². The molecule has 9 nitrogen and oxygen atoms in total. The monoisotopic (exact) mass is 617 g/mol. The van der Waals surface area contributed by atoms with Crippen molar-refractivity contribution < 1.29 is 13.9 Å². The number of anilines is 2. The molecule has 6 rings (SSSR count). The number of carbonyl (C=O) groups is 1. The van der Waals surface area contributed by atoms with Crippen LogP contribution in [0.5, 0.6) is 6.01 Å². The van der Waals surface area contributed by atoms with Gasteiger partial charge in [-0.2, -0.15) is 9.97 Å². The van der Waals surface area contributed by atoms with Gasteiger partial charge >= 0.3 is 6.01 Å². The Balaban J connectivity index is 1.32. The van der Waals surface area contributed by atoms with Gasteiger partial charge in [0.15, 0.2) is 0 Å². The Kier molecular flexibility index (Phi) is 9.14. The Labute approximate surface area is 262 Å². The van der Waals surface area contributed by atoms with Gasteiger partial charge in [-0.05, 0) is 56.4 Å². The number of benzene rings is 2. The third kappa shape index (κ3) is 6.17. The first kappa shape index (κ1) is 30.1. The molecular weight excluding hydrogens is 581 g/mol. The zero-order chi connectivity index (χ0) is 30.6. The lowest BCUT2D eigenvalue weighted by Gasteiger charge is -2.41. The second kappa shape index (κ2) is 13.4. The van der Waals surface area contributed by atoms with Gasteiger partial charge in [-0.3, -0.25) is 4.79 Å². The van der Waals surface area contributed by atoms with E-state index in [-0.39, 0.29) is 18.5 Å². The van der Waals surface area contributed by atoms with Crippen LogP contribution in [0.4, 0.5) is 15.9 Å². The molecule has 1 amide bonds. The van der Waals surface area contributed by atoms with Crippen molar-refractivity contribution in [3.8, 4) is 6.01 Å². The van der Waals surface area contributed by atoms with E-state index in [9.17, 15) is 9.18 Å². The summed E-state index contributed by atoms with van der Waals surface area (Å²) in [4.78, 5) is 34.8. The number of halogens is 2. The number of ether oxygens (including phenoxy) is 1. The number of allylic oxidation sites excluding steroid dienone is 1. The summed E-state index contributed by atoms with van der Waals surface area (Å²) in [5.41, 5.74) is 3.04. The molecule has 3 aliphatic heterocycles. The fraction of sp³-hybridized carbons (Fsp3) is 0.455. The Morgan fingerprint density at radius 1 is 1.14 bits per heavy atom. The van der Waals surface area contributed by atoms with Crippen molar-refractivity contribution in [2.45, 2.75) is 37.9 Å². The van der Waals surface area contributed by atoms with Crippen LogP contribution in [0.15, 0.2) is 48.6 Å². The summed E-state index contributed by atoms with van der Waals surface area (Å²) >= 11 is 6.70. The summed E-state index contributed by atoms with van der Waals surface area (Å²) in [6.07, 6.45) is 5.43. The number of hydrogen-bond acceptors (Lipinski definition) is 7. The minimum absolute atomic E-state index is 0.159. The lowest BCUT2D eigenvalue weighted by atomic mass is 10.0. The molecule has 0 saturated carbocycles. The number of hydrogen-bond donors (Lipinski definition) is 0. The van der Waals surface area contributed by atoms with Gasteiger partial charge in [0.25, 0.3) is 0 Å². The molecule has 44 heavy (non-hydrogen) atoms. The summed E-state index contributed by atoms with van der Waals surface area (Å²) in [7, 11) is 2.12. The molecule has 11 heteroatoms. The molecule has 2 saturated heterocycles. The van der Waals surface area contributed by atoms with Crippen LogP contribution in [0, 0.1) is 6.57 Å². The van der Waals surface area contributed by atoms with E-state index < -0.39 is 6.67 Å². The van der Waals surface area contributed by atoms with Crippen LogP contribution in [-0.2, 0) is 17.8 Å². The number of fused-ring (bicyclic) bond motifs is 2. The lowest BCUT2D eigenvalue weighted by molar-refractivity contribution is -0.128. The number of carbonyl (C=O) groups excluding carboxylic acids is 1. The molecule has 2 aromatic carbocycles. The fourth-order valence-electron chi connectivity index (χ4n) is 6.66. The van der Waals surface area contributed by atoms with Crippen LogP contribution in [-0.4, -0.2) is 97.4 Å². The van der Waals surface area contributed by atoms with Crippen LogP contribution >= 0.6 is 11.6 Å². The first-order valence-corrected chi connectivity index (χ1v) is 15.6. The average Bonchev–Trinajstić information content (AvgIpc) is 3.46. The van der Waals surface area contributed by atoms with Gasteiger partial charge in [0.2, 0.25) is 12.5 Å². The molecule has 2 unspecified atom stereocenters. The van der Waals surface area contributed by atoms with Crippen molar-refractivity contribution in [1.29, 1.82) is 0 Å². The smallest absolute Gasteiger partial charge is 0.318 e. The zero-order valence-electron chi connectivity index (χ0n) is 25.0. The molecule has 3 aromatic rings. The highest BCUT2D eigenvalue weighted by Crippen LogP contribution is 2.37. The maximum absolute atomic E-state index is 12.8. The third-order valence-corrected chi connectivity index (χ3v) is 9.30. The molecule has 2 atom stereocenters. The van der Waals surface area contributed by atoms with E-state index in [4.69, 9.17) is 32.9 Å². The van der Waals surface area contributed by atoms with E-state index in [0.29, 0.717) is 44.8 Å². The van der Waals surface area contributed by atoms with Crippen molar-refractivity contribution in [3.63, 3.8) is 0 Å². The normalized spacial score (nSPS) is 20.7.